The predicted molar refractivity (Wildman–Crippen MR) is 87.5 cm³/mol. The molecule has 1 aromatic rings. The molecule has 1 aliphatic heterocycles. The Morgan fingerprint density at radius 3 is 2.36 bits per heavy atom. The summed E-state index contributed by atoms with van der Waals surface area (Å²) in [5.41, 5.74) is -0.820. The first kappa shape index (κ1) is 18.7. The molecule has 0 bridgehead atoms. The van der Waals surface area contributed by atoms with E-state index in [1.54, 1.807) is 0 Å². The number of esters is 2. The van der Waals surface area contributed by atoms with Gasteiger partial charge in [-0.2, -0.15) is 4.39 Å². The van der Waals surface area contributed by atoms with Gasteiger partial charge in [0.05, 0.1) is 30.0 Å². The summed E-state index contributed by atoms with van der Waals surface area (Å²) in [7, 11) is 2.20. The van der Waals surface area contributed by atoms with Gasteiger partial charge in [-0.1, -0.05) is 6.08 Å². The second-order valence-corrected chi connectivity index (χ2v) is 5.52. The van der Waals surface area contributed by atoms with Gasteiger partial charge in [0.1, 0.15) is 5.70 Å². The van der Waals surface area contributed by atoms with Gasteiger partial charge in [0.2, 0.25) is 5.82 Å². The summed E-state index contributed by atoms with van der Waals surface area (Å²) in [6.45, 7) is 0. The number of ether oxygens (including phenoxy) is 2. The molecule has 9 heteroatoms. The van der Waals surface area contributed by atoms with Crippen LogP contribution in [-0.4, -0.2) is 31.3 Å². The van der Waals surface area contributed by atoms with Gasteiger partial charge in [-0.25, -0.2) is 14.0 Å². The fourth-order valence-electron chi connectivity index (χ4n) is 2.11. The maximum Gasteiger partial charge on any atom is 0.355 e. The zero-order chi connectivity index (χ0) is 18.7. The summed E-state index contributed by atoms with van der Waals surface area (Å²) in [5.74, 6) is -5.66. The molecule has 0 aromatic heterocycles. The fraction of sp³-hybridized carbons (Fsp3) is 0.125. The normalized spacial score (nSPS) is 13.7. The molecular weight excluding hydrogens is 404 g/mol. The number of carbonyl (C=O) groups excluding carboxylic acids is 2. The van der Waals surface area contributed by atoms with Gasteiger partial charge in [-0.05, 0) is 34.1 Å². The fourth-order valence-corrected chi connectivity index (χ4v) is 2.50. The van der Waals surface area contributed by atoms with Crippen molar-refractivity contribution in [3.63, 3.8) is 0 Å². The first-order chi connectivity index (χ1) is 11.8. The van der Waals surface area contributed by atoms with Crippen LogP contribution in [-0.2, 0) is 19.1 Å². The Labute approximate surface area is 149 Å². The minimum Gasteiger partial charge on any atom is -0.503 e. The van der Waals surface area contributed by atoms with E-state index in [-0.39, 0.29) is 21.4 Å². The second-order valence-electron chi connectivity index (χ2n) is 4.67. The average Bonchev–Trinajstić information content (AvgIpc) is 2.84. The maximum absolute atomic E-state index is 13.9. The molecule has 132 valence electrons. The number of allylic oxidation sites excluding steroid dienone is 2. The number of anilines is 1. The lowest BCUT2D eigenvalue weighted by Gasteiger charge is -2.24. The van der Waals surface area contributed by atoms with Crippen molar-refractivity contribution < 1.29 is 33.0 Å². The highest BCUT2D eigenvalue weighted by atomic mass is 79.9. The van der Waals surface area contributed by atoms with E-state index in [0.717, 1.165) is 25.2 Å². The van der Waals surface area contributed by atoms with Crippen molar-refractivity contribution >= 4 is 33.6 Å². The van der Waals surface area contributed by atoms with Crippen LogP contribution in [0, 0.1) is 11.6 Å². The van der Waals surface area contributed by atoms with Gasteiger partial charge in [-0.15, -0.1) is 0 Å². The highest BCUT2D eigenvalue weighted by molar-refractivity contribution is 9.10. The molecule has 0 spiro atoms. The highest BCUT2D eigenvalue weighted by Gasteiger charge is 2.30. The lowest BCUT2D eigenvalue weighted by Crippen LogP contribution is -2.27. The van der Waals surface area contributed by atoms with Crippen LogP contribution in [0.25, 0.3) is 0 Å². The molecule has 0 saturated carbocycles. The number of rotatable bonds is 3. The molecule has 0 saturated heterocycles. The number of benzene rings is 1. The van der Waals surface area contributed by atoms with E-state index in [2.05, 4.69) is 25.4 Å². The number of hydrogen-bond acceptors (Lipinski definition) is 6. The smallest absolute Gasteiger partial charge is 0.355 e. The van der Waals surface area contributed by atoms with E-state index in [1.807, 2.05) is 0 Å². The Hall–Kier alpha value is -2.68. The lowest BCUT2D eigenvalue weighted by molar-refractivity contribution is -0.139. The molecule has 0 radical (unpaired) electrons. The zero-order valence-corrected chi connectivity index (χ0v) is 14.6. The summed E-state index contributed by atoms with van der Waals surface area (Å²) in [5, 5.41) is 9.98. The van der Waals surface area contributed by atoms with Crippen molar-refractivity contribution in [2.75, 3.05) is 19.1 Å². The van der Waals surface area contributed by atoms with Crippen LogP contribution in [0.1, 0.15) is 0 Å². The number of carbonyl (C=O) groups is 2. The van der Waals surface area contributed by atoms with Gasteiger partial charge in [-0.3, -0.25) is 0 Å². The quantitative estimate of drug-likeness (QED) is 0.604. The van der Waals surface area contributed by atoms with Crippen molar-refractivity contribution in [3.05, 3.63) is 57.9 Å². The molecule has 0 unspecified atom stereocenters. The van der Waals surface area contributed by atoms with Crippen LogP contribution >= 0.6 is 15.9 Å². The summed E-state index contributed by atoms with van der Waals surface area (Å²) in [6, 6.07) is 1.06. The molecule has 25 heavy (non-hydrogen) atoms. The molecule has 0 aliphatic carbocycles. The van der Waals surface area contributed by atoms with E-state index >= 15 is 0 Å². The van der Waals surface area contributed by atoms with Gasteiger partial charge in [0, 0.05) is 6.20 Å². The lowest BCUT2D eigenvalue weighted by atomic mass is 10.1. The van der Waals surface area contributed by atoms with Crippen molar-refractivity contribution in [1.29, 1.82) is 0 Å². The topological polar surface area (TPSA) is 76.1 Å². The third kappa shape index (κ3) is 3.41. The Morgan fingerprint density at radius 1 is 1.12 bits per heavy atom. The van der Waals surface area contributed by atoms with Crippen molar-refractivity contribution in [2.45, 2.75) is 0 Å². The van der Waals surface area contributed by atoms with Crippen LogP contribution in [0.4, 0.5) is 14.5 Å². The maximum atomic E-state index is 13.9. The summed E-state index contributed by atoms with van der Waals surface area (Å²) >= 11 is 2.83. The molecule has 0 atom stereocenters. The average molecular weight is 416 g/mol. The molecule has 6 nitrogen and oxygen atoms in total. The number of hydrogen-bond donors (Lipinski definition) is 1. The van der Waals surface area contributed by atoms with Crippen LogP contribution in [0.3, 0.4) is 0 Å². The zero-order valence-electron chi connectivity index (χ0n) is 13.0. The van der Waals surface area contributed by atoms with E-state index in [4.69, 9.17) is 0 Å². The van der Waals surface area contributed by atoms with E-state index < -0.39 is 29.3 Å². The molecule has 2 rings (SSSR count). The number of halogens is 3. The Kier molecular flexibility index (Phi) is 5.58. The Morgan fingerprint density at radius 2 is 1.76 bits per heavy atom. The van der Waals surface area contributed by atoms with E-state index in [9.17, 15) is 23.5 Å². The number of phenolic OH excluding ortho intramolecular Hbond substituents is 1. The van der Waals surface area contributed by atoms with Crippen molar-refractivity contribution in [1.82, 2.24) is 0 Å². The minimum absolute atomic E-state index is 0.195. The number of aromatic hydroxyl groups is 1. The van der Waals surface area contributed by atoms with Crippen LogP contribution < -0.4 is 4.90 Å². The predicted octanol–water partition coefficient (Wildman–Crippen LogP) is 2.92. The Balaban J connectivity index is 2.78. The first-order valence-corrected chi connectivity index (χ1v) is 7.54. The molecule has 1 aromatic carbocycles. The standard InChI is InChI=1S/C16H12BrF2NO5/c1-24-15(22)8-5-3-4-6-20(13(8)16(23)25-2)10-7-9(17)11(18)12(19)14(10)21/h3-7,21H,1-2H3. The third-order valence-electron chi connectivity index (χ3n) is 3.27. The number of methoxy groups -OCH3 is 2. The largest absolute Gasteiger partial charge is 0.503 e. The number of nitrogens with zero attached hydrogens (tertiary/aromatic N) is 1. The van der Waals surface area contributed by atoms with Gasteiger partial charge < -0.3 is 19.5 Å². The van der Waals surface area contributed by atoms with Gasteiger partial charge in [0.15, 0.2) is 11.6 Å². The minimum atomic E-state index is -1.51. The summed E-state index contributed by atoms with van der Waals surface area (Å²) in [6.07, 6.45) is 5.42. The van der Waals surface area contributed by atoms with Gasteiger partial charge >= 0.3 is 11.9 Å². The van der Waals surface area contributed by atoms with Crippen molar-refractivity contribution in [3.8, 4) is 5.75 Å². The highest BCUT2D eigenvalue weighted by Crippen LogP contribution is 2.39. The summed E-state index contributed by atoms with van der Waals surface area (Å²) < 4.78 is 36.5. The van der Waals surface area contributed by atoms with E-state index in [1.165, 1.54) is 24.4 Å². The third-order valence-corrected chi connectivity index (χ3v) is 3.84. The van der Waals surface area contributed by atoms with Crippen molar-refractivity contribution in [2.24, 2.45) is 0 Å². The first-order valence-electron chi connectivity index (χ1n) is 6.74. The second kappa shape index (κ2) is 7.47. The summed E-state index contributed by atoms with van der Waals surface area (Å²) in [4.78, 5) is 25.2. The number of phenols is 1. The molecule has 1 N–H and O–H groups in total. The van der Waals surface area contributed by atoms with Crippen LogP contribution in [0.15, 0.2) is 46.2 Å². The van der Waals surface area contributed by atoms with Gasteiger partial charge in [0.25, 0.3) is 0 Å². The Bertz CT molecular complexity index is 832. The molecular formula is C16H12BrF2NO5. The van der Waals surface area contributed by atoms with E-state index in [0.29, 0.717) is 0 Å². The molecule has 1 aliphatic rings. The van der Waals surface area contributed by atoms with Crippen LogP contribution in [0.2, 0.25) is 0 Å². The monoisotopic (exact) mass is 415 g/mol. The molecule has 0 fully saturated rings. The molecule has 1 heterocycles. The SMILES string of the molecule is COC(=O)C1=C(C(=O)OC)N(c2cc(Br)c(F)c(F)c2O)C=CC=C1. The van der Waals surface area contributed by atoms with Crippen LogP contribution in [0.5, 0.6) is 5.75 Å². The molecule has 0 amide bonds.